The van der Waals surface area contributed by atoms with Crippen LogP contribution in [0.25, 0.3) is 22.3 Å². The predicted molar refractivity (Wildman–Crippen MR) is 170 cm³/mol. The summed E-state index contributed by atoms with van der Waals surface area (Å²) >= 11 is 0. The Kier molecular flexibility index (Phi) is 9.50. The van der Waals surface area contributed by atoms with Crippen molar-refractivity contribution in [2.45, 2.75) is 38.5 Å². The topological polar surface area (TPSA) is 34.2 Å². The molecule has 0 N–H and O–H groups in total. The van der Waals surface area contributed by atoms with E-state index in [1.54, 1.807) is 0 Å². The smallest absolute Gasteiger partial charge is 0.338 e. The largest absolute Gasteiger partial charge is 0.456 e. The Morgan fingerprint density at radius 3 is 1.27 bits per heavy atom. The summed E-state index contributed by atoms with van der Waals surface area (Å²) in [5, 5.41) is 4.23. The van der Waals surface area contributed by atoms with Gasteiger partial charge in [0, 0.05) is 37.3 Å². The molecule has 0 spiro atoms. The fourth-order valence-corrected chi connectivity index (χ4v) is 5.86. The van der Waals surface area contributed by atoms with Gasteiger partial charge < -0.3 is 14.2 Å². The zero-order valence-electron chi connectivity index (χ0n) is 23.8. The zero-order chi connectivity index (χ0) is 27.7. The third-order valence-corrected chi connectivity index (χ3v) is 8.01. The highest BCUT2D eigenvalue weighted by Crippen LogP contribution is 2.36. The molecule has 208 valence electrons. The second-order valence-electron chi connectivity index (χ2n) is 10.9. The summed E-state index contributed by atoms with van der Waals surface area (Å²) in [7, 11) is 1.02. The molecule has 0 amide bonds. The number of ether oxygens (including phenoxy) is 1. The number of hydrogen-bond donors (Lipinski definition) is 0. The molecule has 2 heterocycles. The Hall–Kier alpha value is -3.35. The number of nitrogens with zero attached hydrogens (tertiary/aromatic N) is 2. The van der Waals surface area contributed by atoms with Crippen molar-refractivity contribution in [2.24, 2.45) is 0 Å². The van der Waals surface area contributed by atoms with Crippen LogP contribution in [0.3, 0.4) is 0 Å². The van der Waals surface area contributed by atoms with Crippen molar-refractivity contribution < 1.29 is 14.2 Å². The first-order valence-corrected chi connectivity index (χ1v) is 15.1. The lowest BCUT2D eigenvalue weighted by Gasteiger charge is -2.27. The molecule has 2 saturated heterocycles. The van der Waals surface area contributed by atoms with E-state index in [0.717, 1.165) is 70.9 Å². The van der Waals surface area contributed by atoms with Crippen molar-refractivity contribution in [3.63, 3.8) is 0 Å². The lowest BCUT2D eigenvalue weighted by Crippen LogP contribution is -2.35. The normalized spacial score (nSPS) is 16.3. The molecule has 0 atom stereocenters. The van der Waals surface area contributed by atoms with Gasteiger partial charge in [0.25, 0.3) is 0 Å². The number of benzene rings is 4. The van der Waals surface area contributed by atoms with E-state index in [2.05, 4.69) is 107 Å². The maximum atomic E-state index is 6.88. The van der Waals surface area contributed by atoms with E-state index in [9.17, 15) is 0 Å². The minimum Gasteiger partial charge on any atom is -0.456 e. The van der Waals surface area contributed by atoms with Gasteiger partial charge in [-0.1, -0.05) is 97.8 Å². The first kappa shape index (κ1) is 27.8. The third kappa shape index (κ3) is 7.11. The van der Waals surface area contributed by atoms with E-state index in [1.807, 2.05) is 0 Å². The number of rotatable bonds is 10. The Bertz CT molecular complexity index is 1290. The molecule has 0 unspecified atom stereocenters. The van der Waals surface area contributed by atoms with Crippen LogP contribution < -0.4 is 15.7 Å². The Balaban J connectivity index is 1.34. The van der Waals surface area contributed by atoms with Crippen molar-refractivity contribution in [2.75, 3.05) is 26.2 Å². The van der Waals surface area contributed by atoms with Gasteiger partial charge in [0.15, 0.2) is 0 Å². The molecule has 2 aliphatic rings. The van der Waals surface area contributed by atoms with Crippen LogP contribution in [0.15, 0.2) is 97.1 Å². The number of piperidine rings is 2. The first-order valence-electron chi connectivity index (χ1n) is 15.1. The highest BCUT2D eigenvalue weighted by molar-refractivity contribution is 6.50. The maximum absolute atomic E-state index is 6.88. The molecule has 0 saturated carbocycles. The van der Waals surface area contributed by atoms with Crippen LogP contribution in [-0.4, -0.2) is 51.3 Å². The SMILES string of the molecule is B(ON1CCCCC1)c1cccc(Oc2cccc(BON3CCCCC3)c2-c2ccccc2)c1-c1ccccc1. The third-order valence-electron chi connectivity index (χ3n) is 8.01. The molecule has 6 rings (SSSR count). The average molecular weight is 544 g/mol. The Morgan fingerprint density at radius 2 is 0.854 bits per heavy atom. The van der Waals surface area contributed by atoms with E-state index in [4.69, 9.17) is 14.2 Å². The zero-order valence-corrected chi connectivity index (χ0v) is 23.8. The van der Waals surface area contributed by atoms with E-state index < -0.39 is 0 Å². The summed E-state index contributed by atoms with van der Waals surface area (Å²) < 4.78 is 19.5. The summed E-state index contributed by atoms with van der Waals surface area (Å²) in [6, 6.07) is 33.6. The minimum atomic E-state index is 0.511. The highest BCUT2D eigenvalue weighted by Gasteiger charge is 2.21. The van der Waals surface area contributed by atoms with Crippen molar-refractivity contribution in [1.82, 2.24) is 10.1 Å². The molecule has 2 fully saturated rings. The van der Waals surface area contributed by atoms with Crippen molar-refractivity contribution >= 4 is 25.9 Å². The second-order valence-corrected chi connectivity index (χ2v) is 10.9. The summed E-state index contributed by atoms with van der Waals surface area (Å²) in [4.78, 5) is 0. The molecule has 4 aromatic rings. The summed E-state index contributed by atoms with van der Waals surface area (Å²) in [6.07, 6.45) is 7.32. The molecule has 41 heavy (non-hydrogen) atoms. The Labute approximate surface area is 245 Å². The van der Waals surface area contributed by atoms with Crippen LogP contribution in [0.1, 0.15) is 38.5 Å². The molecule has 0 aromatic heterocycles. The van der Waals surface area contributed by atoms with Gasteiger partial charge in [-0.15, -0.1) is 0 Å². The fraction of sp³-hybridized carbons (Fsp3) is 0.294. The van der Waals surface area contributed by atoms with Crippen molar-refractivity contribution in [1.29, 1.82) is 0 Å². The van der Waals surface area contributed by atoms with Crippen LogP contribution in [-0.2, 0) is 9.51 Å². The maximum Gasteiger partial charge on any atom is 0.338 e. The van der Waals surface area contributed by atoms with Gasteiger partial charge in [-0.25, -0.2) is 10.1 Å². The van der Waals surface area contributed by atoms with E-state index in [-0.39, 0.29) is 0 Å². The fourth-order valence-electron chi connectivity index (χ4n) is 5.86. The van der Waals surface area contributed by atoms with Crippen molar-refractivity contribution in [3.8, 4) is 33.8 Å². The molecule has 2 aliphatic heterocycles. The number of hydrogen-bond acceptors (Lipinski definition) is 5. The average Bonchev–Trinajstić information content (AvgIpc) is 3.05. The molecule has 5 nitrogen and oxygen atoms in total. The molecule has 0 bridgehead atoms. The van der Waals surface area contributed by atoms with Gasteiger partial charge >= 0.3 is 15.0 Å². The monoisotopic (exact) mass is 544 g/mol. The minimum absolute atomic E-state index is 0.511. The van der Waals surface area contributed by atoms with Crippen molar-refractivity contribution in [3.05, 3.63) is 97.1 Å². The van der Waals surface area contributed by atoms with Crippen LogP contribution in [0.4, 0.5) is 0 Å². The van der Waals surface area contributed by atoms with E-state index in [0.29, 0.717) is 15.0 Å². The molecule has 7 heteroatoms. The predicted octanol–water partition coefficient (Wildman–Crippen LogP) is 5.60. The molecule has 0 radical (unpaired) electrons. The highest BCUT2D eigenvalue weighted by atomic mass is 16.6. The lowest BCUT2D eigenvalue weighted by atomic mass is 9.80. The summed E-state index contributed by atoms with van der Waals surface area (Å²) in [6.45, 7) is 3.96. The Morgan fingerprint density at radius 1 is 0.439 bits per heavy atom. The summed E-state index contributed by atoms with van der Waals surface area (Å²) in [5.41, 5.74) is 6.60. The van der Waals surface area contributed by atoms with Gasteiger partial charge in [-0.3, -0.25) is 0 Å². The lowest BCUT2D eigenvalue weighted by molar-refractivity contribution is -0.0689. The standard InChI is InChI=1S/C34H38B2N2O3/c1-5-15-27(16-6-1)33-29(35-40-37-23-9-3-10-24-37)19-13-21-31(33)39-32-22-14-20-30(34(32)28-17-7-2-8-18-28)36-41-38-25-11-4-12-26-38/h1-2,5-8,13-22,35-36H,3-4,9-12,23-26H2. The van der Waals surface area contributed by atoms with Gasteiger partial charge in [0.1, 0.15) is 11.5 Å². The van der Waals surface area contributed by atoms with Crippen LogP contribution in [0.2, 0.25) is 0 Å². The quantitative estimate of drug-likeness (QED) is 0.243. The van der Waals surface area contributed by atoms with Gasteiger partial charge in [-0.05, 0) is 59.9 Å². The molecule has 0 aliphatic carbocycles. The van der Waals surface area contributed by atoms with Crippen LogP contribution in [0, 0.1) is 0 Å². The van der Waals surface area contributed by atoms with Gasteiger partial charge in [-0.2, -0.15) is 0 Å². The van der Waals surface area contributed by atoms with Gasteiger partial charge in [0.05, 0.1) is 0 Å². The molecule has 4 aromatic carbocycles. The van der Waals surface area contributed by atoms with Crippen LogP contribution in [0.5, 0.6) is 11.5 Å². The first-order chi connectivity index (χ1) is 20.3. The summed E-state index contributed by atoms with van der Waals surface area (Å²) in [5.74, 6) is 1.64. The van der Waals surface area contributed by atoms with E-state index in [1.165, 1.54) is 38.5 Å². The number of hydroxylamine groups is 4. The second kappa shape index (κ2) is 14.0. The van der Waals surface area contributed by atoms with Gasteiger partial charge in [0.2, 0.25) is 0 Å². The van der Waals surface area contributed by atoms with Crippen LogP contribution >= 0.6 is 0 Å². The van der Waals surface area contributed by atoms with E-state index >= 15 is 0 Å². The molecular formula is C34H38B2N2O3. The molecular weight excluding hydrogens is 506 g/mol.